The lowest BCUT2D eigenvalue weighted by Crippen LogP contribution is -2.32. The molecule has 1 aliphatic rings. The number of nitroso groups, excluding NO2 is 1. The Hall–Kier alpha value is -2.45. The summed E-state index contributed by atoms with van der Waals surface area (Å²) in [6, 6.07) is 11.0. The van der Waals surface area contributed by atoms with Crippen LogP contribution in [0.3, 0.4) is 0 Å². The van der Waals surface area contributed by atoms with E-state index in [4.69, 9.17) is 0 Å². The fraction of sp³-hybridized carbons (Fsp3) is 0.133. The first-order chi connectivity index (χ1) is 11.2. The summed E-state index contributed by atoms with van der Waals surface area (Å²) >= 11 is 3.43. The maximum atomic E-state index is 10.5. The molecule has 0 aliphatic carbocycles. The molecule has 0 amide bonds. The molecule has 1 aromatic heterocycles. The van der Waals surface area contributed by atoms with E-state index in [-0.39, 0.29) is 13.2 Å². The van der Waals surface area contributed by atoms with Crippen LogP contribution in [0.2, 0.25) is 0 Å². The van der Waals surface area contributed by atoms with Gasteiger partial charge in [-0.25, -0.2) is 15.0 Å². The third kappa shape index (κ3) is 3.33. The highest BCUT2D eigenvalue weighted by Crippen LogP contribution is 2.14. The third-order valence-electron chi connectivity index (χ3n) is 3.23. The Morgan fingerprint density at radius 2 is 2.17 bits per heavy atom. The smallest absolute Gasteiger partial charge is 0.173 e. The maximum absolute atomic E-state index is 10.5. The lowest BCUT2D eigenvalue weighted by Gasteiger charge is -2.18. The molecule has 0 spiro atoms. The molecule has 2 heterocycles. The molecule has 1 aliphatic heterocycles. The van der Waals surface area contributed by atoms with Crippen molar-refractivity contribution < 1.29 is 5.21 Å². The van der Waals surface area contributed by atoms with Crippen molar-refractivity contribution in [3.8, 4) is 0 Å². The van der Waals surface area contributed by atoms with Crippen molar-refractivity contribution >= 4 is 27.5 Å². The number of fused-ring (bicyclic) bond motifs is 1. The fourth-order valence-electron chi connectivity index (χ4n) is 2.29. The van der Waals surface area contributed by atoms with Crippen LogP contribution in [0.5, 0.6) is 0 Å². The van der Waals surface area contributed by atoms with Gasteiger partial charge < -0.3 is 0 Å². The lowest BCUT2D eigenvalue weighted by atomic mass is 10.2. The Bertz CT molecular complexity index is 882. The van der Waals surface area contributed by atoms with Crippen LogP contribution in [0.25, 0.3) is 5.70 Å². The molecular formula is C15H12BrN5O2. The van der Waals surface area contributed by atoms with Crippen LogP contribution in [0.15, 0.2) is 62.2 Å². The summed E-state index contributed by atoms with van der Waals surface area (Å²) in [6.07, 6.45) is 1.65. The quantitative estimate of drug-likeness (QED) is 0.824. The van der Waals surface area contributed by atoms with Gasteiger partial charge in [-0.15, -0.1) is 4.91 Å². The summed E-state index contributed by atoms with van der Waals surface area (Å²) in [4.78, 5) is 23.0. The number of hydrogen-bond acceptors (Lipinski definition) is 6. The van der Waals surface area contributed by atoms with Gasteiger partial charge in [0.15, 0.2) is 6.67 Å². The zero-order chi connectivity index (χ0) is 16.2. The molecule has 0 atom stereocenters. The molecule has 0 fully saturated rings. The number of amidine groups is 1. The van der Waals surface area contributed by atoms with Crippen molar-refractivity contribution in [2.45, 2.75) is 0 Å². The van der Waals surface area contributed by atoms with Gasteiger partial charge in [-0.3, -0.25) is 10.2 Å². The summed E-state index contributed by atoms with van der Waals surface area (Å²) in [6.45, 7) is -0.203. The number of nitrogens with zero attached hydrogens (tertiary/aromatic N) is 5. The molecule has 1 N–H and O–H groups in total. The van der Waals surface area contributed by atoms with E-state index in [0.29, 0.717) is 27.8 Å². The maximum Gasteiger partial charge on any atom is 0.173 e. The van der Waals surface area contributed by atoms with E-state index in [1.807, 2.05) is 24.3 Å². The predicted molar refractivity (Wildman–Crippen MR) is 88.3 cm³/mol. The van der Waals surface area contributed by atoms with Gasteiger partial charge in [0, 0.05) is 15.9 Å². The molecule has 0 saturated heterocycles. The number of halogens is 1. The molecule has 23 heavy (non-hydrogen) atoms. The summed E-state index contributed by atoms with van der Waals surface area (Å²) in [5, 5.41) is 15.6. The van der Waals surface area contributed by atoms with Gasteiger partial charge in [-0.05, 0) is 35.5 Å². The van der Waals surface area contributed by atoms with Crippen LogP contribution < -0.4 is 10.6 Å². The van der Waals surface area contributed by atoms with Gasteiger partial charge in [-0.2, -0.15) is 0 Å². The van der Waals surface area contributed by atoms with E-state index in [1.54, 1.807) is 18.3 Å². The number of rotatable bonds is 3. The highest BCUT2D eigenvalue weighted by molar-refractivity contribution is 9.10. The standard InChI is InChI=1S/C15H12BrN5O2/c16-10-4-5-12-11(7-10)15(13-3-1-2-6-17-13)21(23)8-14(20-12)18-9-19-22/h1-7,23H,8-9H2. The van der Waals surface area contributed by atoms with Gasteiger partial charge in [0.1, 0.15) is 12.4 Å². The largest absolute Gasteiger partial charge is 0.288 e. The number of hydrogen-bond donors (Lipinski definition) is 1. The number of benzene rings is 1. The first-order valence-corrected chi connectivity index (χ1v) is 7.57. The van der Waals surface area contributed by atoms with E-state index in [2.05, 4.69) is 36.1 Å². The third-order valence-corrected chi connectivity index (χ3v) is 3.72. The average Bonchev–Trinajstić information content (AvgIpc) is 2.69. The molecule has 0 unspecified atom stereocenters. The SMILES string of the molecule is O=NCN=C1CN(O)C(c2ccccn2)=c2cc(Br)ccc2=N1. The Balaban J connectivity index is 2.32. The van der Waals surface area contributed by atoms with Crippen molar-refractivity contribution in [3.05, 3.63) is 68.2 Å². The van der Waals surface area contributed by atoms with Crippen LogP contribution in [-0.4, -0.2) is 34.3 Å². The second-order valence-electron chi connectivity index (χ2n) is 4.74. The monoisotopic (exact) mass is 373 g/mol. The minimum atomic E-state index is -0.239. The van der Waals surface area contributed by atoms with Gasteiger partial charge >= 0.3 is 0 Å². The molecule has 0 radical (unpaired) electrons. The minimum absolute atomic E-state index is 0.0354. The Kier molecular flexibility index (Phi) is 4.54. The summed E-state index contributed by atoms with van der Waals surface area (Å²) in [7, 11) is 0. The molecule has 0 saturated carbocycles. The summed E-state index contributed by atoms with van der Waals surface area (Å²) in [5.74, 6) is 0.321. The molecule has 8 heteroatoms. The van der Waals surface area contributed by atoms with Gasteiger partial charge in [0.2, 0.25) is 0 Å². The average molecular weight is 374 g/mol. The summed E-state index contributed by atoms with van der Waals surface area (Å²) in [5.41, 5.74) is 1.13. The number of pyridine rings is 1. The molecule has 116 valence electrons. The molecule has 3 rings (SSSR count). The molecule has 0 bridgehead atoms. The van der Waals surface area contributed by atoms with Crippen LogP contribution in [0.4, 0.5) is 0 Å². The lowest BCUT2D eigenvalue weighted by molar-refractivity contribution is -0.0123. The zero-order valence-corrected chi connectivity index (χ0v) is 13.5. The Labute approximate surface area is 139 Å². The first-order valence-electron chi connectivity index (χ1n) is 6.78. The van der Waals surface area contributed by atoms with Crippen molar-refractivity contribution in [3.63, 3.8) is 0 Å². The van der Waals surface area contributed by atoms with Crippen LogP contribution >= 0.6 is 15.9 Å². The van der Waals surface area contributed by atoms with E-state index in [9.17, 15) is 10.1 Å². The highest BCUT2D eigenvalue weighted by Gasteiger charge is 2.18. The predicted octanol–water partition coefficient (Wildman–Crippen LogP) is 1.45. The van der Waals surface area contributed by atoms with Crippen molar-refractivity contribution in [1.29, 1.82) is 0 Å². The van der Waals surface area contributed by atoms with Crippen LogP contribution in [0, 0.1) is 4.91 Å². The molecule has 7 nitrogen and oxygen atoms in total. The second kappa shape index (κ2) is 6.76. The highest BCUT2D eigenvalue weighted by atomic mass is 79.9. The normalized spacial score (nSPS) is 15.8. The molecule has 2 aromatic rings. The van der Waals surface area contributed by atoms with E-state index in [0.717, 1.165) is 9.54 Å². The van der Waals surface area contributed by atoms with Gasteiger partial charge in [-0.1, -0.05) is 22.0 Å². The van der Waals surface area contributed by atoms with Crippen molar-refractivity contribution in [1.82, 2.24) is 10.0 Å². The van der Waals surface area contributed by atoms with Crippen molar-refractivity contribution in [2.24, 2.45) is 15.2 Å². The Morgan fingerprint density at radius 1 is 1.30 bits per heavy atom. The minimum Gasteiger partial charge on any atom is -0.288 e. The topological polar surface area (TPSA) is 90.5 Å². The van der Waals surface area contributed by atoms with E-state index in [1.165, 1.54) is 0 Å². The van der Waals surface area contributed by atoms with E-state index >= 15 is 0 Å². The Morgan fingerprint density at radius 3 is 2.91 bits per heavy atom. The van der Waals surface area contributed by atoms with Crippen LogP contribution in [0.1, 0.15) is 5.69 Å². The van der Waals surface area contributed by atoms with Crippen LogP contribution in [-0.2, 0) is 0 Å². The second-order valence-corrected chi connectivity index (χ2v) is 5.66. The molecule has 1 aromatic carbocycles. The zero-order valence-electron chi connectivity index (χ0n) is 11.9. The molecular weight excluding hydrogens is 362 g/mol. The van der Waals surface area contributed by atoms with E-state index < -0.39 is 0 Å². The van der Waals surface area contributed by atoms with Crippen molar-refractivity contribution in [2.75, 3.05) is 13.2 Å². The van der Waals surface area contributed by atoms with Gasteiger partial charge in [0.05, 0.1) is 16.7 Å². The number of aliphatic imine (C=N–C) groups is 1. The summed E-state index contributed by atoms with van der Waals surface area (Å²) < 4.78 is 0.850. The number of aromatic nitrogens is 1. The van der Waals surface area contributed by atoms with Gasteiger partial charge in [0.25, 0.3) is 0 Å². The fourth-order valence-corrected chi connectivity index (χ4v) is 2.65. The number of hydroxylamine groups is 2. The first kappa shape index (κ1) is 15.4.